The first-order valence-electron chi connectivity index (χ1n) is 9.97. The Morgan fingerprint density at radius 3 is 2.38 bits per heavy atom. The van der Waals surface area contributed by atoms with Crippen LogP contribution < -0.4 is 0 Å². The van der Waals surface area contributed by atoms with Gasteiger partial charge in [0.2, 0.25) is 0 Å². The Bertz CT molecular complexity index is 720. The lowest BCUT2D eigenvalue weighted by atomic mass is 9.67. The SMILES string of the molecule is O=C(COC(=O)C1C[C@H]2CCC[C@@H](C1)C2=O)c1ccc2c(c1)CCCC2. The normalized spacial score (nSPS) is 27.5. The number of aryl methyl sites for hydroxylation is 2. The van der Waals surface area contributed by atoms with Crippen molar-refractivity contribution in [3.05, 3.63) is 34.9 Å². The van der Waals surface area contributed by atoms with Crippen molar-refractivity contribution in [3.63, 3.8) is 0 Å². The summed E-state index contributed by atoms with van der Waals surface area (Å²) in [6, 6.07) is 5.86. The van der Waals surface area contributed by atoms with E-state index in [0.717, 1.165) is 32.1 Å². The number of rotatable bonds is 4. The van der Waals surface area contributed by atoms with Crippen molar-refractivity contribution in [2.24, 2.45) is 17.8 Å². The number of fused-ring (bicyclic) bond motifs is 3. The van der Waals surface area contributed by atoms with Crippen molar-refractivity contribution in [1.82, 2.24) is 0 Å². The molecular formula is C22H26O4. The summed E-state index contributed by atoms with van der Waals surface area (Å²) in [6.45, 7) is -0.197. The summed E-state index contributed by atoms with van der Waals surface area (Å²) in [7, 11) is 0. The Morgan fingerprint density at radius 2 is 1.65 bits per heavy atom. The highest BCUT2D eigenvalue weighted by atomic mass is 16.5. The molecule has 138 valence electrons. The van der Waals surface area contributed by atoms with Crippen LogP contribution in [0.2, 0.25) is 0 Å². The van der Waals surface area contributed by atoms with Gasteiger partial charge in [0.15, 0.2) is 12.4 Å². The Hall–Kier alpha value is -1.97. The molecule has 1 unspecified atom stereocenters. The van der Waals surface area contributed by atoms with Gasteiger partial charge in [0, 0.05) is 17.4 Å². The molecule has 2 bridgehead atoms. The standard InChI is InChI=1S/C22H26O4/c23-20(16-9-8-14-4-1-2-5-15(14)10-16)13-26-22(25)19-11-17-6-3-7-18(12-19)21(17)24/h8-10,17-19H,1-7,11-13H2/t17-,18+,19?. The van der Waals surface area contributed by atoms with Gasteiger partial charge in [-0.15, -0.1) is 0 Å². The van der Waals surface area contributed by atoms with E-state index in [4.69, 9.17) is 4.74 Å². The van der Waals surface area contributed by atoms with Gasteiger partial charge < -0.3 is 4.74 Å². The largest absolute Gasteiger partial charge is 0.457 e. The summed E-state index contributed by atoms with van der Waals surface area (Å²) in [4.78, 5) is 37.0. The average molecular weight is 354 g/mol. The maximum atomic E-state index is 12.4. The van der Waals surface area contributed by atoms with E-state index in [0.29, 0.717) is 24.2 Å². The molecule has 1 aromatic carbocycles. The zero-order chi connectivity index (χ0) is 18.1. The molecule has 1 aromatic rings. The molecule has 0 N–H and O–H groups in total. The van der Waals surface area contributed by atoms with Crippen molar-refractivity contribution < 1.29 is 19.1 Å². The first-order chi connectivity index (χ1) is 12.6. The smallest absolute Gasteiger partial charge is 0.309 e. The Kier molecular flexibility index (Phi) is 4.92. The summed E-state index contributed by atoms with van der Waals surface area (Å²) < 4.78 is 5.34. The highest BCUT2D eigenvalue weighted by Gasteiger charge is 2.41. The van der Waals surface area contributed by atoms with Gasteiger partial charge in [-0.25, -0.2) is 0 Å². The molecule has 0 spiro atoms. The fraction of sp³-hybridized carbons (Fsp3) is 0.591. The van der Waals surface area contributed by atoms with Crippen LogP contribution in [0.1, 0.15) is 66.4 Å². The van der Waals surface area contributed by atoms with Crippen LogP contribution in [-0.4, -0.2) is 24.1 Å². The fourth-order valence-corrected chi connectivity index (χ4v) is 4.92. The number of ether oxygens (including phenoxy) is 1. The number of benzene rings is 1. The molecule has 0 aromatic heterocycles. The number of hydrogen-bond acceptors (Lipinski definition) is 4. The highest BCUT2D eigenvalue weighted by molar-refractivity contribution is 5.98. The third-order valence-corrected chi connectivity index (χ3v) is 6.40. The molecule has 4 nitrogen and oxygen atoms in total. The summed E-state index contributed by atoms with van der Waals surface area (Å²) in [5, 5.41) is 0. The number of carbonyl (C=O) groups is 3. The highest BCUT2D eigenvalue weighted by Crippen LogP contribution is 2.40. The molecule has 0 saturated heterocycles. The molecule has 3 aliphatic rings. The van der Waals surface area contributed by atoms with Crippen LogP contribution in [0.3, 0.4) is 0 Å². The number of esters is 1. The molecular weight excluding hydrogens is 328 g/mol. The van der Waals surface area contributed by atoms with E-state index >= 15 is 0 Å². The Labute approximate surface area is 154 Å². The van der Waals surface area contributed by atoms with E-state index in [2.05, 4.69) is 0 Å². The van der Waals surface area contributed by atoms with Crippen LogP contribution in [0.25, 0.3) is 0 Å². The molecule has 0 radical (unpaired) electrons. The third kappa shape index (κ3) is 3.46. The van der Waals surface area contributed by atoms with Crippen molar-refractivity contribution in [1.29, 1.82) is 0 Å². The predicted molar refractivity (Wildman–Crippen MR) is 96.9 cm³/mol. The van der Waals surface area contributed by atoms with E-state index in [9.17, 15) is 14.4 Å². The van der Waals surface area contributed by atoms with Crippen LogP contribution in [0, 0.1) is 17.8 Å². The average Bonchev–Trinajstić information content (AvgIpc) is 2.65. The Balaban J connectivity index is 1.34. The lowest BCUT2D eigenvalue weighted by molar-refractivity contribution is -0.152. The molecule has 4 heteroatoms. The summed E-state index contributed by atoms with van der Waals surface area (Å²) in [5.41, 5.74) is 3.23. The van der Waals surface area contributed by atoms with Crippen LogP contribution >= 0.6 is 0 Å². The van der Waals surface area contributed by atoms with Gasteiger partial charge >= 0.3 is 5.97 Å². The zero-order valence-corrected chi connectivity index (χ0v) is 15.2. The summed E-state index contributed by atoms with van der Waals surface area (Å²) in [6.07, 6.45) is 8.56. The van der Waals surface area contributed by atoms with Gasteiger partial charge in [0.25, 0.3) is 0 Å². The van der Waals surface area contributed by atoms with E-state index < -0.39 is 0 Å². The van der Waals surface area contributed by atoms with E-state index in [1.165, 1.54) is 24.0 Å². The number of Topliss-reactive ketones (excluding diaryl/α,β-unsaturated/α-hetero) is 2. The second-order valence-electron chi connectivity index (χ2n) is 8.12. The molecule has 3 atom stereocenters. The minimum absolute atomic E-state index is 0.0244. The topological polar surface area (TPSA) is 60.4 Å². The minimum Gasteiger partial charge on any atom is -0.457 e. The van der Waals surface area contributed by atoms with Gasteiger partial charge in [0.1, 0.15) is 5.78 Å². The molecule has 0 amide bonds. The molecule has 0 heterocycles. The number of carbonyl (C=O) groups excluding carboxylic acids is 3. The fourth-order valence-electron chi connectivity index (χ4n) is 4.92. The molecule has 4 rings (SSSR count). The second kappa shape index (κ2) is 7.34. The van der Waals surface area contributed by atoms with Crippen molar-refractivity contribution >= 4 is 17.5 Å². The molecule has 2 saturated carbocycles. The lowest BCUT2D eigenvalue weighted by Crippen LogP contribution is -2.39. The maximum Gasteiger partial charge on any atom is 0.309 e. The first-order valence-corrected chi connectivity index (χ1v) is 9.97. The van der Waals surface area contributed by atoms with Gasteiger partial charge in [-0.3, -0.25) is 14.4 Å². The predicted octanol–water partition coefficient (Wildman–Crippen LogP) is 3.69. The van der Waals surface area contributed by atoms with Gasteiger partial charge in [-0.05, 0) is 68.6 Å². The van der Waals surface area contributed by atoms with Crippen LogP contribution in [0.5, 0.6) is 0 Å². The van der Waals surface area contributed by atoms with Crippen LogP contribution in [0.15, 0.2) is 18.2 Å². The van der Waals surface area contributed by atoms with Crippen molar-refractivity contribution in [2.75, 3.05) is 6.61 Å². The third-order valence-electron chi connectivity index (χ3n) is 6.40. The molecule has 0 aliphatic heterocycles. The minimum atomic E-state index is -0.305. The molecule has 2 fully saturated rings. The van der Waals surface area contributed by atoms with Crippen molar-refractivity contribution in [2.45, 2.75) is 57.8 Å². The van der Waals surface area contributed by atoms with Gasteiger partial charge in [0.05, 0.1) is 5.92 Å². The molecule has 26 heavy (non-hydrogen) atoms. The van der Waals surface area contributed by atoms with E-state index in [1.54, 1.807) is 0 Å². The molecule has 3 aliphatic carbocycles. The monoisotopic (exact) mass is 354 g/mol. The van der Waals surface area contributed by atoms with Gasteiger partial charge in [-0.1, -0.05) is 18.6 Å². The number of hydrogen-bond donors (Lipinski definition) is 0. The van der Waals surface area contributed by atoms with E-state index in [-0.39, 0.29) is 36.1 Å². The summed E-state index contributed by atoms with van der Waals surface area (Å²) in [5.74, 6) is -0.280. The number of ketones is 2. The van der Waals surface area contributed by atoms with Crippen LogP contribution in [0.4, 0.5) is 0 Å². The zero-order valence-electron chi connectivity index (χ0n) is 15.2. The Morgan fingerprint density at radius 1 is 0.962 bits per heavy atom. The van der Waals surface area contributed by atoms with Crippen molar-refractivity contribution in [3.8, 4) is 0 Å². The quantitative estimate of drug-likeness (QED) is 0.611. The van der Waals surface area contributed by atoms with Gasteiger partial charge in [-0.2, -0.15) is 0 Å². The van der Waals surface area contributed by atoms with Crippen LogP contribution in [-0.2, 0) is 27.2 Å². The first kappa shape index (κ1) is 17.4. The van der Waals surface area contributed by atoms with E-state index in [1.807, 2.05) is 18.2 Å². The summed E-state index contributed by atoms with van der Waals surface area (Å²) >= 11 is 0. The maximum absolute atomic E-state index is 12.4. The lowest BCUT2D eigenvalue weighted by Gasteiger charge is -2.36. The second-order valence-corrected chi connectivity index (χ2v) is 8.12.